The zero-order chi connectivity index (χ0) is 7.40. The molecule has 1 aromatic rings. The molecule has 0 aliphatic carbocycles. The van der Waals surface area contributed by atoms with Crippen molar-refractivity contribution >= 4 is 6.08 Å². The highest BCUT2D eigenvalue weighted by atomic mass is 16.3. The molecule has 1 aromatic heterocycles. The van der Waals surface area contributed by atoms with Gasteiger partial charge in [0.2, 0.25) is 0 Å². The van der Waals surface area contributed by atoms with Crippen molar-refractivity contribution in [3.05, 3.63) is 29.7 Å². The largest absolute Gasteiger partial charge is 0.462 e. The fourth-order valence-electron chi connectivity index (χ4n) is 0.838. The van der Waals surface area contributed by atoms with E-state index in [2.05, 4.69) is 6.92 Å². The lowest BCUT2D eigenvalue weighted by molar-refractivity contribution is 0.507. The highest BCUT2D eigenvalue weighted by Crippen LogP contribution is 2.09. The lowest BCUT2D eigenvalue weighted by Crippen LogP contribution is -1.68. The van der Waals surface area contributed by atoms with Crippen molar-refractivity contribution in [2.75, 3.05) is 0 Å². The van der Waals surface area contributed by atoms with Crippen LogP contribution in [-0.4, -0.2) is 0 Å². The van der Waals surface area contributed by atoms with Gasteiger partial charge in [-0.1, -0.05) is 13.0 Å². The molecule has 0 aliphatic rings. The SMILES string of the molecule is C/C=C/c1ccc(CC)o1. The molecule has 0 fully saturated rings. The standard InChI is InChI=1S/C9H12O/c1-3-5-9-7-6-8(4-2)10-9/h3,5-7H,4H2,1-2H3/b5-3+. The summed E-state index contributed by atoms with van der Waals surface area (Å²) in [7, 11) is 0. The van der Waals surface area contributed by atoms with Gasteiger partial charge in [-0.3, -0.25) is 0 Å². The molecule has 0 amide bonds. The minimum atomic E-state index is 0.944. The van der Waals surface area contributed by atoms with E-state index in [4.69, 9.17) is 4.42 Å². The van der Waals surface area contributed by atoms with Crippen LogP contribution in [0.5, 0.6) is 0 Å². The Kier molecular flexibility index (Phi) is 2.32. The molecule has 0 spiro atoms. The zero-order valence-corrected chi connectivity index (χ0v) is 6.42. The average molecular weight is 136 g/mol. The molecule has 54 valence electrons. The van der Waals surface area contributed by atoms with Gasteiger partial charge in [0, 0.05) is 6.42 Å². The topological polar surface area (TPSA) is 13.1 Å². The molecule has 0 aliphatic heterocycles. The van der Waals surface area contributed by atoms with Gasteiger partial charge in [0.05, 0.1) is 0 Å². The van der Waals surface area contributed by atoms with E-state index < -0.39 is 0 Å². The molecule has 0 radical (unpaired) electrons. The Morgan fingerprint density at radius 1 is 1.50 bits per heavy atom. The van der Waals surface area contributed by atoms with Crippen molar-refractivity contribution in [3.8, 4) is 0 Å². The molecule has 1 nitrogen and oxygen atoms in total. The highest BCUT2D eigenvalue weighted by Gasteiger charge is 1.93. The van der Waals surface area contributed by atoms with Crippen LogP contribution in [0.15, 0.2) is 22.6 Å². The van der Waals surface area contributed by atoms with Gasteiger partial charge in [-0.25, -0.2) is 0 Å². The maximum atomic E-state index is 5.39. The van der Waals surface area contributed by atoms with Crippen LogP contribution in [0.25, 0.3) is 6.08 Å². The second kappa shape index (κ2) is 3.25. The van der Waals surface area contributed by atoms with Gasteiger partial charge in [0.25, 0.3) is 0 Å². The third kappa shape index (κ3) is 1.50. The van der Waals surface area contributed by atoms with E-state index in [0.717, 1.165) is 17.9 Å². The Morgan fingerprint density at radius 2 is 2.30 bits per heavy atom. The summed E-state index contributed by atoms with van der Waals surface area (Å²) in [6, 6.07) is 3.99. The fraction of sp³-hybridized carbons (Fsp3) is 0.333. The monoisotopic (exact) mass is 136 g/mol. The van der Waals surface area contributed by atoms with Gasteiger partial charge in [-0.2, -0.15) is 0 Å². The molecular weight excluding hydrogens is 124 g/mol. The number of aryl methyl sites for hydroxylation is 1. The van der Waals surface area contributed by atoms with Crippen molar-refractivity contribution < 1.29 is 4.42 Å². The van der Waals surface area contributed by atoms with Crippen LogP contribution < -0.4 is 0 Å². The summed E-state index contributed by atoms with van der Waals surface area (Å²) < 4.78 is 5.39. The average Bonchev–Trinajstić information content (AvgIpc) is 2.37. The quantitative estimate of drug-likeness (QED) is 0.609. The van der Waals surface area contributed by atoms with Gasteiger partial charge in [0.15, 0.2) is 0 Å². The van der Waals surface area contributed by atoms with E-state index in [9.17, 15) is 0 Å². The number of hydrogen-bond acceptors (Lipinski definition) is 1. The van der Waals surface area contributed by atoms with E-state index in [0.29, 0.717) is 0 Å². The maximum absolute atomic E-state index is 5.39. The van der Waals surface area contributed by atoms with E-state index in [1.807, 2.05) is 31.2 Å². The Hall–Kier alpha value is -0.980. The fourth-order valence-corrected chi connectivity index (χ4v) is 0.838. The molecule has 1 rings (SSSR count). The Morgan fingerprint density at radius 3 is 2.80 bits per heavy atom. The molecule has 0 aromatic carbocycles. The van der Waals surface area contributed by atoms with Crippen LogP contribution in [0, 0.1) is 0 Å². The summed E-state index contributed by atoms with van der Waals surface area (Å²) in [4.78, 5) is 0. The van der Waals surface area contributed by atoms with E-state index in [1.165, 1.54) is 0 Å². The van der Waals surface area contributed by atoms with Crippen LogP contribution in [0.1, 0.15) is 25.4 Å². The van der Waals surface area contributed by atoms with Gasteiger partial charge in [-0.15, -0.1) is 0 Å². The zero-order valence-electron chi connectivity index (χ0n) is 6.42. The summed E-state index contributed by atoms with van der Waals surface area (Å²) in [6.07, 6.45) is 4.90. The summed E-state index contributed by atoms with van der Waals surface area (Å²) in [5, 5.41) is 0. The Bertz CT molecular complexity index is 220. The second-order valence-corrected chi connectivity index (χ2v) is 2.16. The third-order valence-corrected chi connectivity index (χ3v) is 1.36. The normalized spacial score (nSPS) is 11.0. The summed E-state index contributed by atoms with van der Waals surface area (Å²) in [6.45, 7) is 4.06. The third-order valence-electron chi connectivity index (χ3n) is 1.36. The van der Waals surface area contributed by atoms with Gasteiger partial charge >= 0.3 is 0 Å². The van der Waals surface area contributed by atoms with Crippen molar-refractivity contribution in [2.45, 2.75) is 20.3 Å². The summed E-state index contributed by atoms with van der Waals surface area (Å²) in [5.74, 6) is 1.99. The number of furan rings is 1. The minimum absolute atomic E-state index is 0.944. The van der Waals surface area contributed by atoms with Crippen molar-refractivity contribution in [1.82, 2.24) is 0 Å². The predicted octanol–water partition coefficient (Wildman–Crippen LogP) is 2.88. The van der Waals surface area contributed by atoms with Crippen LogP contribution in [0.4, 0.5) is 0 Å². The Balaban J connectivity index is 2.78. The predicted molar refractivity (Wildman–Crippen MR) is 42.8 cm³/mol. The first-order valence-electron chi connectivity index (χ1n) is 3.58. The van der Waals surface area contributed by atoms with Crippen LogP contribution in [0.3, 0.4) is 0 Å². The Labute approximate surface area is 61.4 Å². The molecule has 0 saturated heterocycles. The molecule has 10 heavy (non-hydrogen) atoms. The molecule has 1 heterocycles. The van der Waals surface area contributed by atoms with Crippen molar-refractivity contribution in [1.29, 1.82) is 0 Å². The number of hydrogen-bond donors (Lipinski definition) is 0. The van der Waals surface area contributed by atoms with Crippen LogP contribution >= 0.6 is 0 Å². The van der Waals surface area contributed by atoms with Crippen molar-refractivity contribution in [3.63, 3.8) is 0 Å². The van der Waals surface area contributed by atoms with E-state index in [1.54, 1.807) is 0 Å². The molecule has 0 bridgehead atoms. The molecule has 1 heteroatoms. The number of allylic oxidation sites excluding steroid dienone is 1. The molecule has 0 N–H and O–H groups in total. The maximum Gasteiger partial charge on any atom is 0.126 e. The molecule has 0 unspecified atom stereocenters. The molecule has 0 saturated carbocycles. The van der Waals surface area contributed by atoms with Crippen LogP contribution in [-0.2, 0) is 6.42 Å². The highest BCUT2D eigenvalue weighted by molar-refractivity contribution is 5.42. The van der Waals surface area contributed by atoms with Gasteiger partial charge in [-0.05, 0) is 25.1 Å². The molecule has 0 atom stereocenters. The number of rotatable bonds is 2. The van der Waals surface area contributed by atoms with Crippen molar-refractivity contribution in [2.24, 2.45) is 0 Å². The lowest BCUT2D eigenvalue weighted by atomic mass is 10.3. The smallest absolute Gasteiger partial charge is 0.126 e. The molecular formula is C9H12O. The minimum Gasteiger partial charge on any atom is -0.462 e. The first kappa shape index (κ1) is 7.13. The van der Waals surface area contributed by atoms with Gasteiger partial charge in [0.1, 0.15) is 11.5 Å². The van der Waals surface area contributed by atoms with E-state index in [-0.39, 0.29) is 0 Å². The summed E-state index contributed by atoms with van der Waals surface area (Å²) in [5.41, 5.74) is 0. The summed E-state index contributed by atoms with van der Waals surface area (Å²) >= 11 is 0. The second-order valence-electron chi connectivity index (χ2n) is 2.16. The first-order valence-corrected chi connectivity index (χ1v) is 3.58. The van der Waals surface area contributed by atoms with Gasteiger partial charge < -0.3 is 4.42 Å². The first-order chi connectivity index (χ1) is 4.86. The van der Waals surface area contributed by atoms with E-state index >= 15 is 0 Å². The lowest BCUT2D eigenvalue weighted by Gasteiger charge is -1.85. The van der Waals surface area contributed by atoms with Crippen LogP contribution in [0.2, 0.25) is 0 Å².